The fraction of sp³-hybridized carbons (Fsp3) is 0.350. The Bertz CT molecular complexity index is 905. The third kappa shape index (κ3) is 4.37. The fourth-order valence-corrected chi connectivity index (χ4v) is 4.71. The number of ether oxygens (including phenoxy) is 1. The molecular formula is C20H24N2O4S. The van der Waals surface area contributed by atoms with Crippen LogP contribution in [0, 0.1) is 6.92 Å². The molecule has 0 aromatic heterocycles. The molecule has 144 valence electrons. The van der Waals surface area contributed by atoms with Gasteiger partial charge in [0.1, 0.15) is 5.75 Å². The summed E-state index contributed by atoms with van der Waals surface area (Å²) in [5.74, 6) is 0.718. The Morgan fingerprint density at radius 2 is 1.70 bits per heavy atom. The molecule has 0 amide bonds. The van der Waals surface area contributed by atoms with Gasteiger partial charge in [0.2, 0.25) is 10.0 Å². The molecule has 0 atom stereocenters. The van der Waals surface area contributed by atoms with Crippen molar-refractivity contribution >= 4 is 15.8 Å². The maximum Gasteiger partial charge on any atom is 0.243 e. The average Bonchev–Trinajstić information content (AvgIpc) is 2.69. The zero-order chi connectivity index (χ0) is 19.4. The summed E-state index contributed by atoms with van der Waals surface area (Å²) < 4.78 is 32.5. The van der Waals surface area contributed by atoms with Crippen molar-refractivity contribution in [1.29, 1.82) is 0 Å². The van der Waals surface area contributed by atoms with Gasteiger partial charge in [-0.05, 0) is 30.7 Å². The number of aryl methyl sites for hydroxylation is 1. The summed E-state index contributed by atoms with van der Waals surface area (Å²) >= 11 is 0. The van der Waals surface area contributed by atoms with Gasteiger partial charge in [-0.1, -0.05) is 30.3 Å². The van der Waals surface area contributed by atoms with Gasteiger partial charge in [-0.2, -0.15) is 4.31 Å². The molecule has 0 aliphatic carbocycles. The number of carbonyl (C=O) groups excluding carboxylic acids is 1. The molecule has 2 aromatic carbocycles. The summed E-state index contributed by atoms with van der Waals surface area (Å²) in [7, 11) is -1.99. The first kappa shape index (κ1) is 19.5. The van der Waals surface area contributed by atoms with Crippen molar-refractivity contribution in [2.75, 3.05) is 39.8 Å². The third-order valence-electron chi connectivity index (χ3n) is 4.80. The van der Waals surface area contributed by atoms with Gasteiger partial charge < -0.3 is 4.74 Å². The van der Waals surface area contributed by atoms with E-state index in [-0.39, 0.29) is 10.7 Å². The highest BCUT2D eigenvalue weighted by Crippen LogP contribution is 2.24. The molecule has 27 heavy (non-hydrogen) atoms. The van der Waals surface area contributed by atoms with E-state index in [1.54, 1.807) is 37.4 Å². The Kier molecular flexibility index (Phi) is 5.94. The number of sulfonamides is 1. The summed E-state index contributed by atoms with van der Waals surface area (Å²) in [6.45, 7) is 3.94. The van der Waals surface area contributed by atoms with Gasteiger partial charge >= 0.3 is 0 Å². The van der Waals surface area contributed by atoms with Crippen LogP contribution in [0.2, 0.25) is 0 Å². The lowest BCUT2D eigenvalue weighted by Gasteiger charge is -2.33. The SMILES string of the molecule is COc1ccc(S(=O)(=O)N2CCN(CC(=O)c3ccccc3)CC2)cc1C. The number of carbonyl (C=O) groups is 1. The Morgan fingerprint density at radius 1 is 1.04 bits per heavy atom. The number of benzene rings is 2. The molecule has 1 saturated heterocycles. The maximum atomic E-state index is 12.9. The molecule has 0 saturated carbocycles. The second-order valence-electron chi connectivity index (χ2n) is 6.60. The molecule has 2 aromatic rings. The van der Waals surface area contributed by atoms with E-state index in [0.29, 0.717) is 44.0 Å². The molecule has 6 nitrogen and oxygen atoms in total. The Hall–Kier alpha value is -2.22. The molecule has 1 heterocycles. The maximum absolute atomic E-state index is 12.9. The van der Waals surface area contributed by atoms with Gasteiger partial charge in [0.15, 0.2) is 5.78 Å². The van der Waals surface area contributed by atoms with E-state index >= 15 is 0 Å². The van der Waals surface area contributed by atoms with Crippen LogP contribution in [-0.4, -0.2) is 63.2 Å². The van der Waals surface area contributed by atoms with Crippen LogP contribution in [-0.2, 0) is 10.0 Å². The predicted octanol–water partition coefficient (Wildman–Crippen LogP) is 2.19. The number of methoxy groups -OCH3 is 1. The number of rotatable bonds is 6. The molecular weight excluding hydrogens is 364 g/mol. The topological polar surface area (TPSA) is 66.9 Å². The van der Waals surface area contributed by atoms with Crippen molar-refractivity contribution in [3.8, 4) is 5.75 Å². The minimum absolute atomic E-state index is 0.0534. The van der Waals surface area contributed by atoms with Gasteiger partial charge in [-0.15, -0.1) is 0 Å². The van der Waals surface area contributed by atoms with E-state index in [1.807, 2.05) is 30.0 Å². The molecule has 0 bridgehead atoms. The largest absolute Gasteiger partial charge is 0.496 e. The van der Waals surface area contributed by atoms with Crippen LogP contribution in [0.1, 0.15) is 15.9 Å². The first-order valence-corrected chi connectivity index (χ1v) is 10.3. The van der Waals surface area contributed by atoms with Gasteiger partial charge in [-0.3, -0.25) is 9.69 Å². The Balaban J connectivity index is 1.63. The number of hydrogen-bond donors (Lipinski definition) is 0. The first-order valence-electron chi connectivity index (χ1n) is 8.87. The van der Waals surface area contributed by atoms with Crippen molar-refractivity contribution in [2.45, 2.75) is 11.8 Å². The molecule has 3 rings (SSSR count). The highest BCUT2D eigenvalue weighted by Gasteiger charge is 2.29. The van der Waals surface area contributed by atoms with E-state index in [2.05, 4.69) is 0 Å². The summed E-state index contributed by atoms with van der Waals surface area (Å²) in [5, 5.41) is 0. The zero-order valence-electron chi connectivity index (χ0n) is 15.6. The summed E-state index contributed by atoms with van der Waals surface area (Å²) in [5.41, 5.74) is 1.46. The molecule has 0 unspecified atom stereocenters. The lowest BCUT2D eigenvalue weighted by atomic mass is 10.1. The van der Waals surface area contributed by atoms with Gasteiger partial charge in [0, 0.05) is 31.7 Å². The van der Waals surface area contributed by atoms with Crippen LogP contribution in [0.25, 0.3) is 0 Å². The van der Waals surface area contributed by atoms with Crippen molar-refractivity contribution in [2.24, 2.45) is 0 Å². The number of Topliss-reactive ketones (excluding diaryl/α,β-unsaturated/α-hetero) is 1. The second kappa shape index (κ2) is 8.21. The quantitative estimate of drug-likeness (QED) is 0.710. The average molecular weight is 388 g/mol. The molecule has 0 N–H and O–H groups in total. The predicted molar refractivity (Wildman–Crippen MR) is 104 cm³/mol. The van der Waals surface area contributed by atoms with Gasteiger partial charge in [0.05, 0.1) is 18.6 Å². The molecule has 1 aliphatic heterocycles. The lowest BCUT2D eigenvalue weighted by molar-refractivity contribution is 0.0901. The van der Waals surface area contributed by atoms with E-state index in [9.17, 15) is 13.2 Å². The van der Waals surface area contributed by atoms with Crippen molar-refractivity contribution in [3.63, 3.8) is 0 Å². The Morgan fingerprint density at radius 3 is 2.30 bits per heavy atom. The summed E-state index contributed by atoms with van der Waals surface area (Å²) in [6.07, 6.45) is 0. The van der Waals surface area contributed by atoms with Crippen molar-refractivity contribution < 1.29 is 17.9 Å². The minimum Gasteiger partial charge on any atom is -0.496 e. The molecule has 1 fully saturated rings. The van der Waals surface area contributed by atoms with E-state index in [0.717, 1.165) is 5.56 Å². The summed E-state index contributed by atoms with van der Waals surface area (Å²) in [6, 6.07) is 14.1. The monoisotopic (exact) mass is 388 g/mol. The van der Waals surface area contributed by atoms with Crippen LogP contribution in [0.3, 0.4) is 0 Å². The molecule has 1 aliphatic rings. The smallest absolute Gasteiger partial charge is 0.243 e. The van der Waals surface area contributed by atoms with Crippen LogP contribution in [0.15, 0.2) is 53.4 Å². The fourth-order valence-electron chi connectivity index (χ4n) is 3.21. The highest BCUT2D eigenvalue weighted by molar-refractivity contribution is 7.89. The third-order valence-corrected chi connectivity index (χ3v) is 6.69. The second-order valence-corrected chi connectivity index (χ2v) is 8.54. The van der Waals surface area contributed by atoms with Crippen molar-refractivity contribution in [3.05, 3.63) is 59.7 Å². The number of nitrogens with zero attached hydrogens (tertiary/aromatic N) is 2. The van der Waals surface area contributed by atoms with E-state index < -0.39 is 10.0 Å². The zero-order valence-corrected chi connectivity index (χ0v) is 16.4. The van der Waals surface area contributed by atoms with Crippen molar-refractivity contribution in [1.82, 2.24) is 9.21 Å². The first-order chi connectivity index (χ1) is 12.9. The van der Waals surface area contributed by atoms with Crippen LogP contribution < -0.4 is 4.74 Å². The highest BCUT2D eigenvalue weighted by atomic mass is 32.2. The standard InChI is InChI=1S/C20H24N2O4S/c1-16-14-18(8-9-20(16)26-2)27(24,25)22-12-10-21(11-13-22)15-19(23)17-6-4-3-5-7-17/h3-9,14H,10-13,15H2,1-2H3. The molecule has 0 radical (unpaired) electrons. The molecule has 0 spiro atoms. The van der Waals surface area contributed by atoms with Crippen LogP contribution in [0.4, 0.5) is 0 Å². The number of hydrogen-bond acceptors (Lipinski definition) is 5. The number of piperazine rings is 1. The van der Waals surface area contributed by atoms with Crippen LogP contribution >= 0.6 is 0 Å². The normalized spacial score (nSPS) is 16.2. The van der Waals surface area contributed by atoms with Gasteiger partial charge in [-0.25, -0.2) is 8.42 Å². The minimum atomic E-state index is -3.55. The lowest BCUT2D eigenvalue weighted by Crippen LogP contribution is -2.49. The molecule has 7 heteroatoms. The van der Waals surface area contributed by atoms with Gasteiger partial charge in [0.25, 0.3) is 0 Å². The van der Waals surface area contributed by atoms with E-state index in [1.165, 1.54) is 4.31 Å². The van der Waals surface area contributed by atoms with E-state index in [4.69, 9.17) is 4.74 Å². The van der Waals surface area contributed by atoms with Crippen LogP contribution in [0.5, 0.6) is 5.75 Å². The Labute approximate surface area is 160 Å². The number of ketones is 1. The summed E-state index contributed by atoms with van der Waals surface area (Å²) in [4.78, 5) is 14.6.